The van der Waals surface area contributed by atoms with Crippen molar-refractivity contribution in [3.8, 4) is 11.8 Å². The Morgan fingerprint density at radius 2 is 1.86 bits per heavy atom. The third-order valence-electron chi connectivity index (χ3n) is 2.62. The fourth-order valence-electron chi connectivity index (χ4n) is 1.60. The van der Waals surface area contributed by atoms with Crippen LogP contribution in [0.3, 0.4) is 0 Å². The maximum absolute atomic E-state index is 5.61. The van der Waals surface area contributed by atoms with Gasteiger partial charge < -0.3 is 15.2 Å². The lowest BCUT2D eigenvalue weighted by molar-refractivity contribution is 0.354. The van der Waals surface area contributed by atoms with Crippen LogP contribution in [0.4, 0.5) is 5.95 Å². The number of methoxy groups -OCH3 is 2. The Bertz CT molecular complexity index is 579. The molecule has 0 spiro atoms. The number of aryl methyl sites for hydroxylation is 1. The third-order valence-corrected chi connectivity index (χ3v) is 3.65. The summed E-state index contributed by atoms with van der Waals surface area (Å²) in [5.41, 5.74) is 5.61. The molecule has 10 heteroatoms. The summed E-state index contributed by atoms with van der Waals surface area (Å²) in [4.78, 5) is 8.66. The first-order valence-electron chi connectivity index (χ1n) is 6.39. The average molecular weight is 311 g/mol. The lowest BCUT2D eigenvalue weighted by Crippen LogP contribution is -2.05. The van der Waals surface area contributed by atoms with E-state index in [9.17, 15) is 0 Å². The largest absolute Gasteiger partial charge is 0.480 e. The van der Waals surface area contributed by atoms with E-state index in [-0.39, 0.29) is 5.95 Å². The average Bonchev–Trinajstić information content (AvgIpc) is 2.93. The van der Waals surface area contributed by atoms with Crippen LogP contribution in [0.25, 0.3) is 0 Å². The molecule has 2 N–H and O–H groups in total. The van der Waals surface area contributed by atoms with Gasteiger partial charge >= 0.3 is 0 Å². The van der Waals surface area contributed by atoms with Crippen LogP contribution in [-0.2, 0) is 6.54 Å². The molecule has 0 aliphatic heterocycles. The van der Waals surface area contributed by atoms with Gasteiger partial charge in [0.25, 0.3) is 0 Å². The second-order valence-corrected chi connectivity index (χ2v) is 5.05. The fraction of sp³-hybridized carbons (Fsp3) is 0.545. The highest BCUT2D eigenvalue weighted by Crippen LogP contribution is 2.38. The van der Waals surface area contributed by atoms with Crippen LogP contribution in [0.2, 0.25) is 0 Å². The molecule has 9 nitrogen and oxygen atoms in total. The van der Waals surface area contributed by atoms with Crippen molar-refractivity contribution in [3.63, 3.8) is 0 Å². The first-order valence-corrected chi connectivity index (χ1v) is 7.20. The standard InChI is InChI=1S/C11H17N7O2S/c1-4-5-6-18-11(15-16-17-18)21-7-8(19-2)13-10(12)14-9(7)20-3/h4-6H2,1-3H3,(H2,12,13,14). The topological polar surface area (TPSA) is 114 Å². The van der Waals surface area contributed by atoms with Gasteiger partial charge in [-0.3, -0.25) is 0 Å². The van der Waals surface area contributed by atoms with Crippen LogP contribution in [0.15, 0.2) is 10.1 Å². The molecule has 21 heavy (non-hydrogen) atoms. The van der Waals surface area contributed by atoms with Crippen molar-refractivity contribution in [3.05, 3.63) is 0 Å². The van der Waals surface area contributed by atoms with E-state index in [1.165, 1.54) is 26.0 Å². The molecule has 0 saturated heterocycles. The van der Waals surface area contributed by atoms with Gasteiger partial charge in [-0.05, 0) is 28.6 Å². The van der Waals surface area contributed by atoms with E-state index in [1.807, 2.05) is 0 Å². The molecule has 0 unspecified atom stereocenters. The minimum absolute atomic E-state index is 0.0821. The molecule has 0 atom stereocenters. The molecule has 2 aromatic rings. The van der Waals surface area contributed by atoms with E-state index in [1.54, 1.807) is 4.68 Å². The Morgan fingerprint density at radius 3 is 2.43 bits per heavy atom. The summed E-state index contributed by atoms with van der Waals surface area (Å²) in [6.07, 6.45) is 2.05. The van der Waals surface area contributed by atoms with Gasteiger partial charge in [-0.2, -0.15) is 9.97 Å². The normalized spacial score (nSPS) is 10.6. The molecule has 2 aromatic heterocycles. The summed E-state index contributed by atoms with van der Waals surface area (Å²) >= 11 is 1.28. The quantitative estimate of drug-likeness (QED) is 0.800. The first-order chi connectivity index (χ1) is 10.2. The minimum atomic E-state index is 0.0821. The predicted molar refractivity (Wildman–Crippen MR) is 76.4 cm³/mol. The Balaban J connectivity index is 2.32. The molecule has 0 bridgehead atoms. The lowest BCUT2D eigenvalue weighted by Gasteiger charge is -2.11. The van der Waals surface area contributed by atoms with Crippen molar-refractivity contribution in [2.24, 2.45) is 0 Å². The van der Waals surface area contributed by atoms with Crippen LogP contribution < -0.4 is 15.2 Å². The molecule has 0 aliphatic carbocycles. The van der Waals surface area contributed by atoms with Gasteiger partial charge in [-0.1, -0.05) is 13.3 Å². The smallest absolute Gasteiger partial charge is 0.236 e. The summed E-state index contributed by atoms with van der Waals surface area (Å²) in [7, 11) is 3.01. The molecule has 0 aliphatic rings. The Labute approximate surface area is 126 Å². The van der Waals surface area contributed by atoms with Crippen molar-refractivity contribution in [2.45, 2.75) is 36.4 Å². The molecule has 0 aromatic carbocycles. The minimum Gasteiger partial charge on any atom is -0.480 e. The maximum atomic E-state index is 5.61. The molecule has 2 heterocycles. The van der Waals surface area contributed by atoms with Crippen molar-refractivity contribution in [2.75, 3.05) is 20.0 Å². The van der Waals surface area contributed by atoms with Gasteiger partial charge in [0.05, 0.1) is 14.2 Å². The van der Waals surface area contributed by atoms with Crippen molar-refractivity contribution in [1.82, 2.24) is 30.2 Å². The summed E-state index contributed by atoms with van der Waals surface area (Å²) in [6, 6.07) is 0. The van der Waals surface area contributed by atoms with Crippen molar-refractivity contribution in [1.29, 1.82) is 0 Å². The monoisotopic (exact) mass is 311 g/mol. The van der Waals surface area contributed by atoms with E-state index in [2.05, 4.69) is 32.4 Å². The van der Waals surface area contributed by atoms with Crippen LogP contribution in [0.1, 0.15) is 19.8 Å². The number of hydrogen-bond donors (Lipinski definition) is 1. The summed E-state index contributed by atoms with van der Waals surface area (Å²) in [5, 5.41) is 12.3. The highest BCUT2D eigenvalue weighted by molar-refractivity contribution is 7.99. The lowest BCUT2D eigenvalue weighted by atomic mass is 10.3. The van der Waals surface area contributed by atoms with E-state index >= 15 is 0 Å². The van der Waals surface area contributed by atoms with Crippen LogP contribution >= 0.6 is 11.8 Å². The van der Waals surface area contributed by atoms with Gasteiger partial charge in [0.1, 0.15) is 4.90 Å². The van der Waals surface area contributed by atoms with E-state index in [0.29, 0.717) is 21.8 Å². The number of aromatic nitrogens is 6. The molecule has 114 valence electrons. The van der Waals surface area contributed by atoms with E-state index in [0.717, 1.165) is 19.4 Å². The highest BCUT2D eigenvalue weighted by Gasteiger charge is 2.19. The summed E-state index contributed by atoms with van der Waals surface area (Å²) in [5.74, 6) is 0.738. The van der Waals surface area contributed by atoms with Gasteiger partial charge in [-0.15, -0.1) is 5.10 Å². The second-order valence-electron chi connectivity index (χ2n) is 4.07. The van der Waals surface area contributed by atoms with Gasteiger partial charge in [0.15, 0.2) is 0 Å². The summed E-state index contributed by atoms with van der Waals surface area (Å²) in [6.45, 7) is 2.85. The number of unbranched alkanes of at least 4 members (excludes halogenated alkanes) is 1. The third kappa shape index (κ3) is 3.51. The SMILES string of the molecule is CCCCn1nnnc1Sc1c(OC)nc(N)nc1OC. The van der Waals surface area contributed by atoms with E-state index < -0.39 is 0 Å². The molecule has 0 saturated carbocycles. The number of hydrogen-bond acceptors (Lipinski definition) is 9. The maximum Gasteiger partial charge on any atom is 0.236 e. The molecule has 0 amide bonds. The van der Waals surface area contributed by atoms with Gasteiger partial charge in [0, 0.05) is 6.54 Å². The summed E-state index contributed by atoms with van der Waals surface area (Å²) < 4.78 is 12.2. The van der Waals surface area contributed by atoms with Gasteiger partial charge in [-0.25, -0.2) is 4.68 Å². The second kappa shape index (κ2) is 7.07. The number of rotatable bonds is 7. The molecular formula is C11H17N7O2S. The van der Waals surface area contributed by atoms with Crippen LogP contribution in [0.5, 0.6) is 11.8 Å². The zero-order valence-electron chi connectivity index (χ0n) is 12.1. The highest BCUT2D eigenvalue weighted by atomic mass is 32.2. The Kier molecular flexibility index (Phi) is 5.14. The number of tetrazole rings is 1. The Hall–Kier alpha value is -2.10. The van der Waals surface area contributed by atoms with Crippen molar-refractivity contribution >= 4 is 17.7 Å². The van der Waals surface area contributed by atoms with Crippen molar-refractivity contribution < 1.29 is 9.47 Å². The molecule has 0 radical (unpaired) electrons. The number of anilines is 1. The van der Waals surface area contributed by atoms with Crippen LogP contribution in [-0.4, -0.2) is 44.4 Å². The molecule has 2 rings (SSSR count). The zero-order valence-corrected chi connectivity index (χ0v) is 12.9. The molecular weight excluding hydrogens is 294 g/mol. The van der Waals surface area contributed by atoms with Crippen LogP contribution in [0, 0.1) is 0 Å². The number of nitrogens with zero attached hydrogens (tertiary/aromatic N) is 6. The predicted octanol–water partition coefficient (Wildman–Crippen LogP) is 1.01. The van der Waals surface area contributed by atoms with E-state index in [4.69, 9.17) is 15.2 Å². The Morgan fingerprint density at radius 1 is 1.19 bits per heavy atom. The number of ether oxygens (including phenoxy) is 2. The number of nitrogen functional groups attached to an aromatic ring is 1. The fourth-order valence-corrected chi connectivity index (χ4v) is 2.52. The molecule has 0 fully saturated rings. The first kappa shape index (κ1) is 15.3. The number of nitrogens with two attached hydrogens (primary N) is 1. The van der Waals surface area contributed by atoms with Gasteiger partial charge in [0.2, 0.25) is 22.9 Å². The zero-order chi connectivity index (χ0) is 15.2.